The van der Waals surface area contributed by atoms with Gasteiger partial charge < -0.3 is 0 Å². The second-order valence-corrected chi connectivity index (χ2v) is 0. The van der Waals surface area contributed by atoms with Gasteiger partial charge in [-0.15, -0.1) is 0 Å². The van der Waals surface area contributed by atoms with Gasteiger partial charge in [0.05, 0.1) is 0 Å². The number of rotatable bonds is 0. The van der Waals surface area contributed by atoms with E-state index in [-0.39, 0.29) is 77.2 Å². The first kappa shape index (κ1) is 31.9. The summed E-state index contributed by atoms with van der Waals surface area (Å²) in [5, 5.41) is 0. The minimum atomic E-state index is 0. The van der Waals surface area contributed by atoms with Crippen LogP contribution in [-0.4, -0.2) is 17.4 Å². The van der Waals surface area contributed by atoms with Crippen molar-refractivity contribution in [3.05, 3.63) is 0 Å². The van der Waals surface area contributed by atoms with Crippen LogP contribution in [0.3, 0.4) is 0 Å². The van der Waals surface area contributed by atoms with Crippen molar-refractivity contribution in [2.24, 2.45) is 0 Å². The summed E-state index contributed by atoms with van der Waals surface area (Å²) < 4.78 is 0. The molecule has 0 rings (SSSR count). The summed E-state index contributed by atoms with van der Waals surface area (Å²) in [6, 6.07) is 0. The molecular formula is AlMnMoTi. The third-order valence-electron chi connectivity index (χ3n) is 0. The summed E-state index contributed by atoms with van der Waals surface area (Å²) in [7, 11) is 0. The second-order valence-electron chi connectivity index (χ2n) is 0. The molecule has 0 heterocycles. The van der Waals surface area contributed by atoms with Gasteiger partial charge in [0.1, 0.15) is 0 Å². The van der Waals surface area contributed by atoms with Crippen LogP contribution in [0.1, 0.15) is 0 Å². The first-order valence-electron chi connectivity index (χ1n) is 0. The maximum Gasteiger partial charge on any atom is 0 e. The van der Waals surface area contributed by atoms with Gasteiger partial charge in [0.25, 0.3) is 0 Å². The van der Waals surface area contributed by atoms with Gasteiger partial charge in [-0.2, -0.15) is 0 Å². The van der Waals surface area contributed by atoms with Crippen LogP contribution in [0.4, 0.5) is 0 Å². The van der Waals surface area contributed by atoms with E-state index in [2.05, 4.69) is 0 Å². The van der Waals surface area contributed by atoms with E-state index in [1.165, 1.54) is 0 Å². The van der Waals surface area contributed by atoms with Crippen molar-refractivity contribution >= 4 is 17.4 Å². The van der Waals surface area contributed by atoms with Gasteiger partial charge in [0.15, 0.2) is 0 Å². The Bertz CT molecular complexity index is 8.00. The van der Waals surface area contributed by atoms with Gasteiger partial charge in [-0.1, -0.05) is 0 Å². The Balaban J connectivity index is 0. The van der Waals surface area contributed by atoms with Crippen LogP contribution in [0, 0.1) is 0 Å². The summed E-state index contributed by atoms with van der Waals surface area (Å²) in [5.74, 6) is 0. The van der Waals surface area contributed by atoms with E-state index < -0.39 is 0 Å². The summed E-state index contributed by atoms with van der Waals surface area (Å²) in [5.41, 5.74) is 0. The number of hydrogen-bond acceptors (Lipinski definition) is 0. The predicted octanol–water partition coefficient (Wildman–Crippen LogP) is -0.388. The molecule has 0 aliphatic rings. The SMILES string of the molecule is [Al].[Mn].[Mo].[Ti]. The first-order valence-corrected chi connectivity index (χ1v) is 0. The van der Waals surface area contributed by atoms with Gasteiger partial charge in [-0.05, 0) is 0 Å². The predicted molar refractivity (Wildman–Crippen MR) is 5.75 cm³/mol. The molecule has 0 aliphatic carbocycles. The second kappa shape index (κ2) is 18.0. The molecule has 0 nitrogen and oxygen atoms in total. The molecule has 0 fully saturated rings. The van der Waals surface area contributed by atoms with E-state index in [1.807, 2.05) is 0 Å². The Morgan fingerprint density at radius 1 is 1.00 bits per heavy atom. The zero-order valence-electron chi connectivity index (χ0n) is 1.86. The van der Waals surface area contributed by atoms with Crippen LogP contribution in [-0.2, 0) is 59.9 Å². The molecular weight excluding hydrogens is 226 g/mol. The Morgan fingerprint density at radius 2 is 1.00 bits per heavy atom. The molecule has 0 N–H and O–H groups in total. The van der Waals surface area contributed by atoms with E-state index >= 15 is 0 Å². The zero-order chi connectivity index (χ0) is 0. The minimum absolute atomic E-state index is 0. The smallest absolute Gasteiger partial charge is 0 e. The summed E-state index contributed by atoms with van der Waals surface area (Å²) in [6.07, 6.45) is 0. The van der Waals surface area contributed by atoms with E-state index in [0.29, 0.717) is 0 Å². The molecule has 0 spiro atoms. The molecule has 0 aromatic rings. The van der Waals surface area contributed by atoms with Gasteiger partial charge >= 0.3 is 0 Å². The monoisotopic (exact) mass is 228 g/mol. The van der Waals surface area contributed by atoms with Gasteiger partial charge in [0.2, 0.25) is 0 Å². The molecule has 0 bridgehead atoms. The third-order valence-corrected chi connectivity index (χ3v) is 0. The van der Waals surface area contributed by atoms with Crippen LogP contribution in [0.5, 0.6) is 0 Å². The average Bonchev–Trinajstić information content (AvgIpc) is 0. The van der Waals surface area contributed by atoms with Crippen molar-refractivity contribution < 1.29 is 59.9 Å². The fourth-order valence-corrected chi connectivity index (χ4v) is 0. The summed E-state index contributed by atoms with van der Waals surface area (Å²) in [4.78, 5) is 0. The first-order chi connectivity index (χ1) is 0. The fraction of sp³-hybridized carbons (Fsp3) is 0. The third kappa shape index (κ3) is 8.82. The Morgan fingerprint density at radius 3 is 1.00 bits per heavy atom. The molecule has 0 amide bonds. The standard InChI is InChI=1S/Al.Mn.Mo.Ti. The van der Waals surface area contributed by atoms with E-state index in [4.69, 9.17) is 0 Å². The fourth-order valence-electron chi connectivity index (χ4n) is 0. The van der Waals surface area contributed by atoms with Crippen molar-refractivity contribution in [2.45, 2.75) is 0 Å². The van der Waals surface area contributed by atoms with Gasteiger partial charge in [-0.25, -0.2) is 0 Å². The molecule has 0 atom stereocenters. The van der Waals surface area contributed by atoms with Crippen LogP contribution in [0.2, 0.25) is 0 Å². The number of hydrogen-bond donors (Lipinski definition) is 0. The van der Waals surface area contributed by atoms with Crippen molar-refractivity contribution in [3.8, 4) is 0 Å². The largest absolute Gasteiger partial charge is 0 e. The van der Waals surface area contributed by atoms with Crippen molar-refractivity contribution in [2.75, 3.05) is 0 Å². The van der Waals surface area contributed by atoms with Crippen LogP contribution < -0.4 is 0 Å². The molecule has 4 radical (unpaired) electrons. The molecule has 0 aromatic carbocycles. The van der Waals surface area contributed by atoms with E-state index in [1.54, 1.807) is 0 Å². The molecule has 4 heavy (non-hydrogen) atoms. The van der Waals surface area contributed by atoms with Crippen molar-refractivity contribution in [1.82, 2.24) is 0 Å². The van der Waals surface area contributed by atoms with Crippen LogP contribution in [0.15, 0.2) is 0 Å². The molecule has 0 unspecified atom stereocenters. The van der Waals surface area contributed by atoms with Crippen molar-refractivity contribution in [1.29, 1.82) is 0 Å². The van der Waals surface area contributed by atoms with Crippen LogP contribution in [0.25, 0.3) is 0 Å². The molecule has 0 aromatic heterocycles. The van der Waals surface area contributed by atoms with Gasteiger partial charge in [0, 0.05) is 77.2 Å². The average molecular weight is 226 g/mol. The Labute approximate surface area is 76.2 Å². The molecule has 0 saturated carbocycles. The maximum absolute atomic E-state index is 0. The Kier molecular flexibility index (Phi) is 143. The summed E-state index contributed by atoms with van der Waals surface area (Å²) in [6.45, 7) is 0. The Hall–Kier alpha value is 2.45. The van der Waals surface area contributed by atoms with Crippen LogP contribution >= 0.6 is 0 Å². The molecule has 20 valence electrons. The molecule has 0 aliphatic heterocycles. The molecule has 4 heteroatoms. The minimum Gasteiger partial charge on any atom is 0 e. The normalized spacial score (nSPS) is 0. The quantitative estimate of drug-likeness (QED) is 0.493. The van der Waals surface area contributed by atoms with Gasteiger partial charge in [-0.3, -0.25) is 0 Å². The van der Waals surface area contributed by atoms with Crippen molar-refractivity contribution in [3.63, 3.8) is 0 Å². The van der Waals surface area contributed by atoms with E-state index in [9.17, 15) is 0 Å². The van der Waals surface area contributed by atoms with E-state index in [0.717, 1.165) is 0 Å². The maximum atomic E-state index is 0. The zero-order valence-corrected chi connectivity index (χ0v) is 7.77. The molecule has 0 saturated heterocycles. The topological polar surface area (TPSA) is 0 Å². The summed E-state index contributed by atoms with van der Waals surface area (Å²) >= 11 is 0.